The molecule has 0 amide bonds. The van der Waals surface area contributed by atoms with Gasteiger partial charge in [0.2, 0.25) is 5.82 Å². The van der Waals surface area contributed by atoms with Gasteiger partial charge in [-0.25, -0.2) is 26.9 Å². The Morgan fingerprint density at radius 1 is 1.00 bits per heavy atom. The summed E-state index contributed by atoms with van der Waals surface area (Å²) < 4.78 is 73.0. The molecule has 0 spiro atoms. The van der Waals surface area contributed by atoms with E-state index in [0.717, 1.165) is 16.5 Å². The van der Waals surface area contributed by atoms with Crippen molar-refractivity contribution >= 4 is 33.3 Å². The zero-order valence-corrected chi connectivity index (χ0v) is 13.6. The minimum Gasteiger partial charge on any atom is -0.497 e. The molecule has 0 atom stereocenters. The van der Waals surface area contributed by atoms with Crippen molar-refractivity contribution in [3.8, 4) is 5.75 Å². The first-order chi connectivity index (χ1) is 11.4. The summed E-state index contributed by atoms with van der Waals surface area (Å²) in [4.78, 5) is 4.25. The molecule has 0 saturated carbocycles. The molecule has 2 aromatic carbocycles. The fourth-order valence-electron chi connectivity index (χ4n) is 1.99. The average Bonchev–Trinajstić information content (AvgIpc) is 3.00. The Morgan fingerprint density at radius 2 is 1.62 bits per heavy atom. The highest BCUT2D eigenvalue weighted by atomic mass is 32.2. The second-order valence-corrected chi connectivity index (χ2v) is 6.90. The lowest BCUT2D eigenvalue weighted by atomic mass is 10.2. The van der Waals surface area contributed by atoms with Crippen LogP contribution in [0.25, 0.3) is 10.2 Å². The van der Waals surface area contributed by atoms with Crippen LogP contribution in [0.4, 0.5) is 22.0 Å². The predicted molar refractivity (Wildman–Crippen MR) is 82.0 cm³/mol. The van der Waals surface area contributed by atoms with Crippen molar-refractivity contribution in [1.29, 1.82) is 0 Å². The number of methoxy groups -OCH3 is 1. The van der Waals surface area contributed by atoms with Gasteiger partial charge in [-0.15, -0.1) is 11.3 Å². The van der Waals surface area contributed by atoms with Crippen LogP contribution in [0.3, 0.4) is 0 Å². The van der Waals surface area contributed by atoms with Crippen molar-refractivity contribution in [2.24, 2.45) is 0 Å². The number of hydrogen-bond donors (Lipinski definition) is 0. The van der Waals surface area contributed by atoms with Crippen LogP contribution in [0.1, 0.15) is 5.56 Å². The number of thioether (sulfide) groups is 1. The largest absolute Gasteiger partial charge is 0.497 e. The first-order valence-electron chi connectivity index (χ1n) is 6.50. The van der Waals surface area contributed by atoms with E-state index in [9.17, 15) is 22.0 Å². The third-order valence-electron chi connectivity index (χ3n) is 3.22. The fourth-order valence-corrected chi connectivity index (χ4v) is 4.03. The summed E-state index contributed by atoms with van der Waals surface area (Å²) in [5.41, 5.74) is -0.243. The third-order valence-corrected chi connectivity index (χ3v) is 5.42. The van der Waals surface area contributed by atoms with Gasteiger partial charge in [0.05, 0.1) is 17.3 Å². The molecular weight excluding hydrogens is 369 g/mol. The first-order valence-corrected chi connectivity index (χ1v) is 8.30. The molecule has 0 N–H and O–H groups in total. The topological polar surface area (TPSA) is 22.1 Å². The number of ether oxygens (including phenoxy) is 1. The molecule has 1 aromatic heterocycles. The second kappa shape index (κ2) is 6.56. The van der Waals surface area contributed by atoms with Gasteiger partial charge in [0.15, 0.2) is 27.6 Å². The van der Waals surface area contributed by atoms with Gasteiger partial charge < -0.3 is 4.74 Å². The van der Waals surface area contributed by atoms with Crippen LogP contribution in [-0.2, 0) is 5.75 Å². The van der Waals surface area contributed by atoms with Crippen LogP contribution >= 0.6 is 23.1 Å². The quantitative estimate of drug-likeness (QED) is 0.267. The maximum atomic E-state index is 13.6. The number of fused-ring (bicyclic) bond motifs is 1. The molecule has 0 aliphatic heterocycles. The summed E-state index contributed by atoms with van der Waals surface area (Å²) in [5, 5.41) is 0. The highest BCUT2D eigenvalue weighted by molar-refractivity contribution is 8.00. The molecule has 3 aromatic rings. The standard InChI is InChI=1S/C15H8F5NOS2/c1-22-6-2-3-9-8(4-6)21-15(24-9)23-5-7-10(16)12(18)14(20)13(19)11(7)17/h2-4H,5H2,1H3. The molecule has 0 bridgehead atoms. The molecule has 3 rings (SSSR count). The minimum absolute atomic E-state index is 0.428. The van der Waals surface area contributed by atoms with Gasteiger partial charge in [0.1, 0.15) is 5.75 Å². The fraction of sp³-hybridized carbons (Fsp3) is 0.133. The van der Waals surface area contributed by atoms with Gasteiger partial charge in [-0.3, -0.25) is 0 Å². The van der Waals surface area contributed by atoms with Crippen LogP contribution in [0.5, 0.6) is 5.75 Å². The summed E-state index contributed by atoms with van der Waals surface area (Å²) in [7, 11) is 1.51. The first kappa shape index (κ1) is 17.0. The lowest BCUT2D eigenvalue weighted by Gasteiger charge is -2.06. The molecule has 9 heteroatoms. The Labute approximate surface area is 141 Å². The van der Waals surface area contributed by atoms with Gasteiger partial charge in [-0.2, -0.15) is 0 Å². The van der Waals surface area contributed by atoms with E-state index in [1.165, 1.54) is 18.4 Å². The van der Waals surface area contributed by atoms with Gasteiger partial charge >= 0.3 is 0 Å². The van der Waals surface area contributed by atoms with Crippen molar-refractivity contribution in [1.82, 2.24) is 4.98 Å². The Morgan fingerprint density at radius 3 is 2.25 bits per heavy atom. The average molecular weight is 377 g/mol. The number of halogens is 5. The van der Waals surface area contributed by atoms with Crippen LogP contribution in [0.2, 0.25) is 0 Å². The van der Waals surface area contributed by atoms with Crippen molar-refractivity contribution in [2.45, 2.75) is 10.1 Å². The van der Waals surface area contributed by atoms with Crippen molar-refractivity contribution in [3.63, 3.8) is 0 Å². The number of nitrogens with zero attached hydrogens (tertiary/aromatic N) is 1. The predicted octanol–water partition coefficient (Wildman–Crippen LogP) is 5.29. The molecule has 0 aliphatic carbocycles. The van der Waals surface area contributed by atoms with E-state index < -0.39 is 40.4 Å². The number of thiazole rings is 1. The monoisotopic (exact) mass is 377 g/mol. The summed E-state index contributed by atoms with van der Waals surface area (Å²) in [6, 6.07) is 5.20. The maximum absolute atomic E-state index is 13.6. The molecule has 0 saturated heterocycles. The van der Waals surface area contributed by atoms with Gasteiger partial charge in [0.25, 0.3) is 0 Å². The maximum Gasteiger partial charge on any atom is 0.200 e. The third kappa shape index (κ3) is 2.93. The number of hydrogen-bond acceptors (Lipinski definition) is 4. The molecule has 0 radical (unpaired) electrons. The Hall–Kier alpha value is -1.87. The lowest BCUT2D eigenvalue weighted by molar-refractivity contribution is 0.372. The van der Waals surface area contributed by atoms with E-state index in [1.54, 1.807) is 18.2 Å². The van der Waals surface area contributed by atoms with Gasteiger partial charge in [0, 0.05) is 17.4 Å². The summed E-state index contributed by atoms with van der Waals surface area (Å²) in [6.07, 6.45) is 0. The zero-order valence-electron chi connectivity index (χ0n) is 12.0. The van der Waals surface area contributed by atoms with E-state index >= 15 is 0 Å². The molecule has 2 nitrogen and oxygen atoms in total. The van der Waals surface area contributed by atoms with Crippen LogP contribution in [0, 0.1) is 29.1 Å². The number of benzene rings is 2. The molecular formula is C15H8F5NOS2. The Bertz CT molecular complexity index is 899. The van der Waals surface area contributed by atoms with E-state index in [1.807, 2.05) is 0 Å². The smallest absolute Gasteiger partial charge is 0.200 e. The molecule has 0 unspecified atom stereocenters. The van der Waals surface area contributed by atoms with E-state index in [-0.39, 0.29) is 0 Å². The van der Waals surface area contributed by atoms with Crippen LogP contribution in [0.15, 0.2) is 22.5 Å². The lowest BCUT2D eigenvalue weighted by Crippen LogP contribution is -2.06. The van der Waals surface area contributed by atoms with Crippen LogP contribution < -0.4 is 4.74 Å². The molecule has 24 heavy (non-hydrogen) atoms. The normalized spacial score (nSPS) is 11.2. The molecule has 0 aliphatic rings. The number of aromatic nitrogens is 1. The second-order valence-electron chi connectivity index (χ2n) is 4.65. The Balaban J connectivity index is 1.89. The molecule has 0 fully saturated rings. The highest BCUT2D eigenvalue weighted by Gasteiger charge is 2.25. The van der Waals surface area contributed by atoms with E-state index in [2.05, 4.69) is 4.98 Å². The van der Waals surface area contributed by atoms with Crippen molar-refractivity contribution < 1.29 is 26.7 Å². The summed E-state index contributed by atoms with van der Waals surface area (Å²) >= 11 is 2.14. The zero-order chi connectivity index (χ0) is 17.4. The van der Waals surface area contributed by atoms with Gasteiger partial charge in [-0.05, 0) is 12.1 Å². The molecule has 126 valence electrons. The summed E-state index contributed by atoms with van der Waals surface area (Å²) in [6.45, 7) is 0. The van der Waals surface area contributed by atoms with E-state index in [0.29, 0.717) is 15.6 Å². The Kier molecular flexibility index (Phi) is 4.64. The SMILES string of the molecule is COc1ccc2sc(SCc3c(F)c(F)c(F)c(F)c3F)nc2c1. The minimum atomic E-state index is -2.16. The number of rotatable bonds is 4. The van der Waals surface area contributed by atoms with Crippen molar-refractivity contribution in [2.75, 3.05) is 7.11 Å². The van der Waals surface area contributed by atoms with Crippen LogP contribution in [-0.4, -0.2) is 12.1 Å². The van der Waals surface area contributed by atoms with E-state index in [4.69, 9.17) is 4.74 Å². The molecule has 1 heterocycles. The summed E-state index contributed by atoms with van der Waals surface area (Å²) in [5.74, 6) is -9.52. The highest BCUT2D eigenvalue weighted by Crippen LogP contribution is 2.35. The van der Waals surface area contributed by atoms with Crippen molar-refractivity contribution in [3.05, 3.63) is 52.8 Å². The van der Waals surface area contributed by atoms with Gasteiger partial charge in [-0.1, -0.05) is 11.8 Å².